The second-order valence-electron chi connectivity index (χ2n) is 8.72. The molecule has 0 saturated heterocycles. The highest BCUT2D eigenvalue weighted by Gasteiger charge is 2.17. The van der Waals surface area contributed by atoms with E-state index < -0.39 is 5.97 Å². The van der Waals surface area contributed by atoms with Crippen LogP contribution in [-0.4, -0.2) is 17.0 Å². The third-order valence-corrected chi connectivity index (χ3v) is 5.91. The van der Waals surface area contributed by atoms with Crippen LogP contribution >= 0.6 is 11.6 Å². The average molecular weight is 480 g/mol. The molecular formula is C28H30ClNO4. The van der Waals surface area contributed by atoms with Crippen LogP contribution in [-0.2, 0) is 17.8 Å². The van der Waals surface area contributed by atoms with E-state index in [0.29, 0.717) is 21.9 Å². The third-order valence-electron chi connectivity index (χ3n) is 5.60. The molecule has 0 aliphatic carbocycles. The normalized spacial score (nSPS) is 11.7. The Hall–Kier alpha value is -3.31. The Morgan fingerprint density at radius 1 is 0.971 bits per heavy atom. The Bertz CT molecular complexity index is 1180. The van der Waals surface area contributed by atoms with Gasteiger partial charge < -0.3 is 15.2 Å². The first kappa shape index (κ1) is 25.3. The van der Waals surface area contributed by atoms with Gasteiger partial charge in [0.15, 0.2) is 0 Å². The number of hydrogen-bond acceptors (Lipinski definition) is 3. The van der Waals surface area contributed by atoms with E-state index in [-0.39, 0.29) is 31.4 Å². The molecule has 0 radical (unpaired) electrons. The molecule has 178 valence electrons. The first-order valence-corrected chi connectivity index (χ1v) is 11.6. The standard InChI is InChI=1S/C28H30ClNO4/c1-17-5-9-25(29)26(14-17)34-16-21-6-7-22(8-10-27(31)32)24(15-21)28(33)30-20(4)23-12-18(2)11-19(3)13-23/h5-7,9,11-15,20H,8,10,16H2,1-4H3,(H,30,33)(H,31,32). The number of carboxylic acids is 1. The molecule has 0 aromatic heterocycles. The number of aliphatic carboxylic acids is 1. The largest absolute Gasteiger partial charge is 0.487 e. The lowest BCUT2D eigenvalue weighted by molar-refractivity contribution is -0.136. The number of rotatable bonds is 9. The van der Waals surface area contributed by atoms with Gasteiger partial charge in [0.1, 0.15) is 12.4 Å². The van der Waals surface area contributed by atoms with Gasteiger partial charge in [-0.25, -0.2) is 0 Å². The van der Waals surface area contributed by atoms with E-state index in [1.807, 2.05) is 45.9 Å². The van der Waals surface area contributed by atoms with Gasteiger partial charge >= 0.3 is 5.97 Å². The zero-order chi connectivity index (χ0) is 24.8. The highest BCUT2D eigenvalue weighted by Crippen LogP contribution is 2.27. The van der Waals surface area contributed by atoms with E-state index >= 15 is 0 Å². The molecule has 1 unspecified atom stereocenters. The van der Waals surface area contributed by atoms with Crippen molar-refractivity contribution in [2.75, 3.05) is 0 Å². The van der Waals surface area contributed by atoms with Gasteiger partial charge in [0.25, 0.3) is 5.91 Å². The van der Waals surface area contributed by atoms with E-state index in [0.717, 1.165) is 27.8 Å². The summed E-state index contributed by atoms with van der Waals surface area (Å²) < 4.78 is 5.90. The fourth-order valence-electron chi connectivity index (χ4n) is 3.88. The molecular weight excluding hydrogens is 450 g/mol. The lowest BCUT2D eigenvalue weighted by Crippen LogP contribution is -2.28. The van der Waals surface area contributed by atoms with Crippen molar-refractivity contribution in [3.63, 3.8) is 0 Å². The Morgan fingerprint density at radius 2 is 1.68 bits per heavy atom. The van der Waals surface area contributed by atoms with Gasteiger partial charge in [-0.15, -0.1) is 0 Å². The predicted octanol–water partition coefficient (Wildman–Crippen LogP) is 6.35. The average Bonchev–Trinajstić information content (AvgIpc) is 2.77. The van der Waals surface area contributed by atoms with Gasteiger partial charge in [-0.2, -0.15) is 0 Å². The molecule has 1 atom stereocenters. The number of benzene rings is 3. The fourth-order valence-corrected chi connectivity index (χ4v) is 4.06. The Balaban J connectivity index is 1.83. The van der Waals surface area contributed by atoms with Gasteiger partial charge in [0.2, 0.25) is 0 Å². The number of carboxylic acid groups (broad SMARTS) is 1. The molecule has 2 N–H and O–H groups in total. The van der Waals surface area contributed by atoms with Gasteiger partial charge in [0, 0.05) is 12.0 Å². The number of carbonyl (C=O) groups excluding carboxylic acids is 1. The topological polar surface area (TPSA) is 75.6 Å². The number of hydrogen-bond donors (Lipinski definition) is 2. The lowest BCUT2D eigenvalue weighted by atomic mass is 9.98. The van der Waals surface area contributed by atoms with Crippen molar-refractivity contribution in [2.24, 2.45) is 0 Å². The minimum atomic E-state index is -0.906. The van der Waals surface area contributed by atoms with E-state index in [2.05, 4.69) is 23.5 Å². The molecule has 0 aliphatic rings. The first-order valence-electron chi connectivity index (χ1n) is 11.2. The van der Waals surface area contributed by atoms with Crippen molar-refractivity contribution in [3.05, 3.63) is 98.6 Å². The lowest BCUT2D eigenvalue weighted by Gasteiger charge is -2.18. The van der Waals surface area contributed by atoms with Crippen LogP contribution in [0, 0.1) is 20.8 Å². The maximum Gasteiger partial charge on any atom is 0.303 e. The molecule has 3 aromatic carbocycles. The highest BCUT2D eigenvalue weighted by molar-refractivity contribution is 6.32. The van der Waals surface area contributed by atoms with Gasteiger partial charge in [-0.05, 0) is 74.6 Å². The zero-order valence-corrected chi connectivity index (χ0v) is 20.7. The Labute approximate surface area is 205 Å². The summed E-state index contributed by atoms with van der Waals surface area (Å²) in [4.78, 5) is 24.4. The SMILES string of the molecule is Cc1cc(C)cc(C(C)NC(=O)c2cc(COc3cc(C)ccc3Cl)ccc2CCC(=O)O)c1. The van der Waals surface area contributed by atoms with Crippen LogP contribution < -0.4 is 10.1 Å². The molecule has 0 heterocycles. The van der Waals surface area contributed by atoms with Crippen LogP contribution in [0.4, 0.5) is 0 Å². The molecule has 34 heavy (non-hydrogen) atoms. The minimum Gasteiger partial charge on any atom is -0.487 e. The van der Waals surface area contributed by atoms with Crippen molar-refractivity contribution < 1.29 is 19.4 Å². The van der Waals surface area contributed by atoms with Crippen LogP contribution in [0.25, 0.3) is 0 Å². The highest BCUT2D eigenvalue weighted by atomic mass is 35.5. The number of nitrogens with one attached hydrogen (secondary N) is 1. The minimum absolute atomic E-state index is 0.0539. The molecule has 1 amide bonds. The van der Waals surface area contributed by atoms with Crippen molar-refractivity contribution in [1.82, 2.24) is 5.32 Å². The molecule has 0 fully saturated rings. The van der Waals surface area contributed by atoms with Gasteiger partial charge in [-0.3, -0.25) is 9.59 Å². The van der Waals surface area contributed by atoms with Crippen molar-refractivity contribution in [1.29, 1.82) is 0 Å². The zero-order valence-electron chi connectivity index (χ0n) is 19.9. The number of halogens is 1. The molecule has 3 aromatic rings. The number of aryl methyl sites for hydroxylation is 4. The first-order chi connectivity index (χ1) is 16.1. The summed E-state index contributed by atoms with van der Waals surface area (Å²) in [5, 5.41) is 12.7. The quantitative estimate of drug-likeness (QED) is 0.375. The van der Waals surface area contributed by atoms with Crippen LogP contribution in [0.2, 0.25) is 5.02 Å². The molecule has 0 spiro atoms. The Morgan fingerprint density at radius 3 is 2.35 bits per heavy atom. The monoisotopic (exact) mass is 479 g/mol. The Kier molecular flexibility index (Phi) is 8.35. The van der Waals surface area contributed by atoms with Gasteiger partial charge in [-0.1, -0.05) is 59.1 Å². The van der Waals surface area contributed by atoms with Crippen molar-refractivity contribution >= 4 is 23.5 Å². The summed E-state index contributed by atoms with van der Waals surface area (Å²) in [7, 11) is 0. The molecule has 0 aliphatic heterocycles. The maximum atomic E-state index is 13.3. The summed E-state index contributed by atoms with van der Waals surface area (Å²) in [5.74, 6) is -0.579. The van der Waals surface area contributed by atoms with E-state index in [1.54, 1.807) is 18.2 Å². The molecule has 5 nitrogen and oxygen atoms in total. The summed E-state index contributed by atoms with van der Waals surface area (Å²) >= 11 is 6.23. The third kappa shape index (κ3) is 6.84. The van der Waals surface area contributed by atoms with Crippen molar-refractivity contribution in [3.8, 4) is 5.75 Å². The van der Waals surface area contributed by atoms with E-state index in [4.69, 9.17) is 21.4 Å². The second-order valence-corrected chi connectivity index (χ2v) is 9.13. The number of amides is 1. The van der Waals surface area contributed by atoms with Crippen LogP contribution in [0.1, 0.15) is 63.1 Å². The fraction of sp³-hybridized carbons (Fsp3) is 0.286. The smallest absolute Gasteiger partial charge is 0.303 e. The second kappa shape index (κ2) is 11.2. The molecule has 0 bridgehead atoms. The predicted molar refractivity (Wildman–Crippen MR) is 135 cm³/mol. The molecule has 0 saturated carbocycles. The van der Waals surface area contributed by atoms with E-state index in [1.165, 1.54) is 0 Å². The number of ether oxygens (including phenoxy) is 1. The number of carbonyl (C=O) groups is 2. The van der Waals surface area contributed by atoms with Crippen LogP contribution in [0.15, 0.2) is 54.6 Å². The molecule has 3 rings (SSSR count). The summed E-state index contributed by atoms with van der Waals surface area (Å²) in [6.07, 6.45) is 0.211. The van der Waals surface area contributed by atoms with Crippen LogP contribution in [0.3, 0.4) is 0 Å². The summed E-state index contributed by atoms with van der Waals surface area (Å²) in [5.41, 5.74) is 6.24. The van der Waals surface area contributed by atoms with Crippen molar-refractivity contribution in [2.45, 2.75) is 53.2 Å². The summed E-state index contributed by atoms with van der Waals surface area (Å²) in [6.45, 7) is 8.18. The summed E-state index contributed by atoms with van der Waals surface area (Å²) in [6, 6.07) is 17.0. The molecule has 6 heteroatoms. The van der Waals surface area contributed by atoms with Gasteiger partial charge in [0.05, 0.1) is 11.1 Å². The van der Waals surface area contributed by atoms with Crippen LogP contribution in [0.5, 0.6) is 5.75 Å². The maximum absolute atomic E-state index is 13.3. The van der Waals surface area contributed by atoms with E-state index in [9.17, 15) is 9.59 Å².